The maximum Gasteiger partial charge on any atom is 0.211 e. The SMILES string of the molecule is CS(=O)(=O)N1CCC2C1CCN2[C@H]1CO[C@H](c2cc(F)ccc2F)[C@@H](N)C1. The van der Waals surface area contributed by atoms with Gasteiger partial charge in [-0.2, -0.15) is 4.31 Å². The fourth-order valence-corrected chi connectivity index (χ4v) is 6.15. The number of ether oxygens (including phenoxy) is 1. The van der Waals surface area contributed by atoms with Gasteiger partial charge in [-0.05, 0) is 37.5 Å². The van der Waals surface area contributed by atoms with E-state index in [0.717, 1.165) is 37.6 Å². The van der Waals surface area contributed by atoms with Crippen LogP contribution in [0.3, 0.4) is 0 Å². The molecule has 150 valence electrons. The van der Waals surface area contributed by atoms with Crippen molar-refractivity contribution >= 4 is 10.0 Å². The fourth-order valence-electron chi connectivity index (χ4n) is 4.97. The maximum atomic E-state index is 14.1. The number of hydrogen-bond donors (Lipinski definition) is 1. The van der Waals surface area contributed by atoms with Crippen molar-refractivity contribution in [3.8, 4) is 0 Å². The molecular weight excluding hydrogens is 376 g/mol. The molecule has 6 nitrogen and oxygen atoms in total. The average molecular weight is 401 g/mol. The summed E-state index contributed by atoms with van der Waals surface area (Å²) in [5.74, 6) is -1.03. The van der Waals surface area contributed by atoms with Gasteiger partial charge in [-0.15, -0.1) is 0 Å². The average Bonchev–Trinajstić information content (AvgIpc) is 3.18. The molecule has 0 aromatic heterocycles. The number of nitrogens with two attached hydrogens (primary N) is 1. The van der Waals surface area contributed by atoms with E-state index in [1.165, 1.54) is 6.26 Å². The molecule has 0 spiro atoms. The zero-order valence-corrected chi connectivity index (χ0v) is 16.0. The predicted octanol–water partition coefficient (Wildman–Crippen LogP) is 1.23. The molecule has 1 aromatic rings. The van der Waals surface area contributed by atoms with Crippen molar-refractivity contribution in [2.45, 2.75) is 49.5 Å². The molecule has 2 unspecified atom stereocenters. The highest BCUT2D eigenvalue weighted by Crippen LogP contribution is 2.38. The van der Waals surface area contributed by atoms with Gasteiger partial charge >= 0.3 is 0 Å². The molecule has 3 aliphatic heterocycles. The fraction of sp³-hybridized carbons (Fsp3) is 0.667. The summed E-state index contributed by atoms with van der Waals surface area (Å²) in [6.45, 7) is 1.71. The molecule has 0 amide bonds. The summed E-state index contributed by atoms with van der Waals surface area (Å²) in [5.41, 5.74) is 6.43. The van der Waals surface area contributed by atoms with Crippen LogP contribution in [-0.2, 0) is 14.8 Å². The first-order chi connectivity index (χ1) is 12.8. The van der Waals surface area contributed by atoms with Gasteiger partial charge in [0.05, 0.1) is 12.9 Å². The molecule has 4 rings (SSSR count). The Morgan fingerprint density at radius 3 is 2.63 bits per heavy atom. The van der Waals surface area contributed by atoms with Crippen LogP contribution in [0.2, 0.25) is 0 Å². The van der Waals surface area contributed by atoms with Gasteiger partial charge in [0.15, 0.2) is 0 Å². The van der Waals surface area contributed by atoms with Crippen LogP contribution in [0.25, 0.3) is 0 Å². The summed E-state index contributed by atoms with van der Waals surface area (Å²) in [6, 6.07) is 3.10. The first-order valence-corrected chi connectivity index (χ1v) is 11.1. The van der Waals surface area contributed by atoms with E-state index >= 15 is 0 Å². The van der Waals surface area contributed by atoms with Crippen LogP contribution in [0.4, 0.5) is 8.78 Å². The van der Waals surface area contributed by atoms with Crippen molar-refractivity contribution in [3.63, 3.8) is 0 Å². The number of likely N-dealkylation sites (tertiary alicyclic amines) is 1. The van der Waals surface area contributed by atoms with Crippen molar-refractivity contribution in [2.75, 3.05) is 26.0 Å². The number of halogens is 2. The molecule has 1 aromatic carbocycles. The summed E-state index contributed by atoms with van der Waals surface area (Å²) in [6.07, 6.45) is 2.78. The lowest BCUT2D eigenvalue weighted by Crippen LogP contribution is -2.51. The van der Waals surface area contributed by atoms with E-state index in [9.17, 15) is 17.2 Å². The number of fused-ring (bicyclic) bond motifs is 1. The van der Waals surface area contributed by atoms with Crippen molar-refractivity contribution in [1.82, 2.24) is 9.21 Å². The highest BCUT2D eigenvalue weighted by Gasteiger charge is 2.49. The Kier molecular flexibility index (Phi) is 5.00. The lowest BCUT2D eigenvalue weighted by molar-refractivity contribution is -0.0545. The Morgan fingerprint density at radius 2 is 1.93 bits per heavy atom. The lowest BCUT2D eigenvalue weighted by atomic mass is 9.93. The van der Waals surface area contributed by atoms with Gasteiger partial charge in [0, 0.05) is 42.8 Å². The molecule has 0 radical (unpaired) electrons. The summed E-state index contributed by atoms with van der Waals surface area (Å²) in [5, 5.41) is 0. The van der Waals surface area contributed by atoms with Gasteiger partial charge in [-0.3, -0.25) is 4.90 Å². The highest BCUT2D eigenvalue weighted by atomic mass is 32.2. The van der Waals surface area contributed by atoms with E-state index in [0.29, 0.717) is 19.6 Å². The summed E-state index contributed by atoms with van der Waals surface area (Å²) < 4.78 is 59.0. The summed E-state index contributed by atoms with van der Waals surface area (Å²) in [4.78, 5) is 2.30. The molecular formula is C18H25F2N3O3S. The molecule has 27 heavy (non-hydrogen) atoms. The standard InChI is InChI=1S/C18H25F2N3O3S/c1-27(24,25)23-7-5-16-17(23)4-6-22(16)12-9-15(21)18(26-10-12)13-8-11(19)2-3-14(13)20/h2-3,8,12,15-18H,4-7,9-10,21H2,1H3/t12-,15+,16?,17?,18-/m1/s1. The molecule has 5 atom stereocenters. The van der Waals surface area contributed by atoms with E-state index in [-0.39, 0.29) is 23.7 Å². The van der Waals surface area contributed by atoms with Gasteiger partial charge in [-0.1, -0.05) is 0 Å². The minimum Gasteiger partial charge on any atom is -0.370 e. The molecule has 9 heteroatoms. The van der Waals surface area contributed by atoms with Crippen molar-refractivity contribution in [2.24, 2.45) is 5.73 Å². The Bertz CT molecular complexity index is 822. The molecule has 0 aliphatic carbocycles. The van der Waals surface area contributed by atoms with Crippen LogP contribution in [0.5, 0.6) is 0 Å². The summed E-state index contributed by atoms with van der Waals surface area (Å²) >= 11 is 0. The van der Waals surface area contributed by atoms with Crippen LogP contribution in [0.1, 0.15) is 30.9 Å². The first-order valence-electron chi connectivity index (χ1n) is 9.30. The third-order valence-corrected chi connectivity index (χ3v) is 7.43. The summed E-state index contributed by atoms with van der Waals surface area (Å²) in [7, 11) is -3.20. The van der Waals surface area contributed by atoms with E-state index in [1.54, 1.807) is 4.31 Å². The number of rotatable bonds is 3. The van der Waals surface area contributed by atoms with Gasteiger partial charge < -0.3 is 10.5 Å². The minimum atomic E-state index is -3.20. The number of sulfonamides is 1. The van der Waals surface area contributed by atoms with Crippen LogP contribution < -0.4 is 5.73 Å². The second-order valence-corrected chi connectivity index (χ2v) is 9.73. The molecule has 2 N–H and O–H groups in total. The van der Waals surface area contributed by atoms with Gasteiger partial charge in [0.25, 0.3) is 0 Å². The van der Waals surface area contributed by atoms with Crippen LogP contribution >= 0.6 is 0 Å². The quantitative estimate of drug-likeness (QED) is 0.825. The molecule has 0 saturated carbocycles. The Labute approximate surface area is 158 Å². The molecule has 3 saturated heterocycles. The molecule has 3 aliphatic rings. The third kappa shape index (κ3) is 3.51. The Hall–Kier alpha value is -1.13. The largest absolute Gasteiger partial charge is 0.370 e. The molecule has 3 heterocycles. The third-order valence-electron chi connectivity index (χ3n) is 6.13. The number of hydrogen-bond acceptors (Lipinski definition) is 5. The molecule has 3 fully saturated rings. The topological polar surface area (TPSA) is 75.9 Å². The van der Waals surface area contributed by atoms with Crippen molar-refractivity contribution < 1.29 is 21.9 Å². The number of benzene rings is 1. The lowest BCUT2D eigenvalue weighted by Gasteiger charge is -2.40. The monoisotopic (exact) mass is 401 g/mol. The van der Waals surface area contributed by atoms with E-state index in [4.69, 9.17) is 10.5 Å². The number of nitrogens with zero attached hydrogens (tertiary/aromatic N) is 2. The second-order valence-electron chi connectivity index (χ2n) is 7.80. The zero-order chi connectivity index (χ0) is 19.3. The normalized spacial score (nSPS) is 35.5. The Balaban J connectivity index is 1.46. The van der Waals surface area contributed by atoms with Gasteiger partial charge in [-0.25, -0.2) is 17.2 Å². The van der Waals surface area contributed by atoms with E-state index in [1.807, 2.05) is 0 Å². The van der Waals surface area contributed by atoms with Gasteiger partial charge in [0.2, 0.25) is 10.0 Å². The maximum absolute atomic E-state index is 14.1. The van der Waals surface area contributed by atoms with Crippen molar-refractivity contribution in [3.05, 3.63) is 35.4 Å². The minimum absolute atomic E-state index is 0.00890. The smallest absolute Gasteiger partial charge is 0.211 e. The second kappa shape index (κ2) is 7.04. The van der Waals surface area contributed by atoms with Gasteiger partial charge in [0.1, 0.15) is 17.7 Å². The van der Waals surface area contributed by atoms with Crippen LogP contribution in [0, 0.1) is 11.6 Å². The van der Waals surface area contributed by atoms with E-state index < -0.39 is 33.8 Å². The highest BCUT2D eigenvalue weighted by molar-refractivity contribution is 7.88. The zero-order valence-electron chi connectivity index (χ0n) is 15.2. The predicted molar refractivity (Wildman–Crippen MR) is 96.5 cm³/mol. The van der Waals surface area contributed by atoms with Crippen molar-refractivity contribution in [1.29, 1.82) is 0 Å². The Morgan fingerprint density at radius 1 is 1.19 bits per heavy atom. The van der Waals surface area contributed by atoms with E-state index in [2.05, 4.69) is 4.90 Å². The molecule has 0 bridgehead atoms. The van der Waals surface area contributed by atoms with Crippen LogP contribution in [-0.4, -0.2) is 67.7 Å². The van der Waals surface area contributed by atoms with Crippen LogP contribution in [0.15, 0.2) is 18.2 Å². The first kappa shape index (κ1) is 19.2.